The Morgan fingerprint density at radius 3 is 2.48 bits per heavy atom. The molecule has 29 heavy (non-hydrogen) atoms. The van der Waals surface area contributed by atoms with Crippen molar-refractivity contribution in [2.75, 3.05) is 19.0 Å². The van der Waals surface area contributed by atoms with E-state index in [2.05, 4.69) is 5.32 Å². The Balaban J connectivity index is 1.67. The van der Waals surface area contributed by atoms with Crippen molar-refractivity contribution in [2.45, 2.75) is 6.42 Å². The van der Waals surface area contributed by atoms with Gasteiger partial charge >= 0.3 is 5.69 Å². The van der Waals surface area contributed by atoms with Crippen LogP contribution in [0.5, 0.6) is 11.5 Å². The molecule has 3 aromatic rings. The summed E-state index contributed by atoms with van der Waals surface area (Å²) in [5.74, 6) is -0.0671. The van der Waals surface area contributed by atoms with Crippen molar-refractivity contribution < 1.29 is 19.2 Å². The van der Waals surface area contributed by atoms with E-state index in [-0.39, 0.29) is 18.0 Å². The van der Waals surface area contributed by atoms with Gasteiger partial charge in [0.05, 0.1) is 18.1 Å². The van der Waals surface area contributed by atoms with Gasteiger partial charge in [0.25, 0.3) is 5.91 Å². The lowest BCUT2D eigenvalue weighted by Crippen LogP contribution is -2.21. The molecule has 0 aromatic heterocycles. The van der Waals surface area contributed by atoms with Gasteiger partial charge in [0.2, 0.25) is 0 Å². The maximum atomic E-state index is 12.4. The Bertz CT molecular complexity index is 1010. The quantitative estimate of drug-likeness (QED) is 0.458. The highest BCUT2D eigenvalue weighted by Crippen LogP contribution is 2.31. The molecule has 0 fully saturated rings. The topological polar surface area (TPSA) is 90.7 Å². The van der Waals surface area contributed by atoms with Crippen molar-refractivity contribution in [2.24, 2.45) is 0 Å². The van der Waals surface area contributed by atoms with Crippen LogP contribution in [0.3, 0.4) is 0 Å². The summed E-state index contributed by atoms with van der Waals surface area (Å²) in [4.78, 5) is 23.0. The molecule has 7 heteroatoms. The smallest absolute Gasteiger partial charge is 0.314 e. The summed E-state index contributed by atoms with van der Waals surface area (Å²) in [7, 11) is 1.42. The number of benzene rings is 3. The van der Waals surface area contributed by atoms with Crippen molar-refractivity contribution in [3.05, 3.63) is 94.0 Å². The number of nitro benzene ring substituents is 1. The van der Waals surface area contributed by atoms with Crippen LogP contribution in [0, 0.1) is 10.1 Å². The molecule has 0 heterocycles. The first kappa shape index (κ1) is 19.9. The van der Waals surface area contributed by atoms with Crippen LogP contribution in [0.2, 0.25) is 0 Å². The zero-order valence-electron chi connectivity index (χ0n) is 15.8. The number of methoxy groups -OCH3 is 1. The minimum absolute atomic E-state index is 0.00326. The Kier molecular flexibility index (Phi) is 6.42. The van der Waals surface area contributed by atoms with Gasteiger partial charge < -0.3 is 14.8 Å². The third-order valence-electron chi connectivity index (χ3n) is 4.25. The van der Waals surface area contributed by atoms with Crippen LogP contribution in [0.1, 0.15) is 11.1 Å². The summed E-state index contributed by atoms with van der Waals surface area (Å²) in [6.45, 7) is -0.354. The Morgan fingerprint density at radius 1 is 1.03 bits per heavy atom. The lowest BCUT2D eigenvalue weighted by Gasteiger charge is -2.12. The van der Waals surface area contributed by atoms with E-state index in [1.54, 1.807) is 0 Å². The second kappa shape index (κ2) is 9.36. The molecule has 0 spiro atoms. The highest BCUT2D eigenvalue weighted by molar-refractivity contribution is 5.92. The molecule has 0 aliphatic rings. The monoisotopic (exact) mass is 392 g/mol. The number of amides is 1. The van der Waals surface area contributed by atoms with E-state index >= 15 is 0 Å². The number of nitrogens with one attached hydrogen (secondary N) is 1. The van der Waals surface area contributed by atoms with Gasteiger partial charge in [0, 0.05) is 5.69 Å². The summed E-state index contributed by atoms with van der Waals surface area (Å²) >= 11 is 0. The van der Waals surface area contributed by atoms with Crippen LogP contribution in [0.25, 0.3) is 0 Å². The van der Waals surface area contributed by atoms with E-state index in [1.165, 1.54) is 25.3 Å². The van der Waals surface area contributed by atoms with Gasteiger partial charge in [0.15, 0.2) is 12.4 Å². The number of anilines is 1. The molecule has 3 rings (SSSR count). The highest BCUT2D eigenvalue weighted by atomic mass is 16.6. The predicted octanol–water partition coefficient (Wildman–Crippen LogP) is 4.21. The third kappa shape index (κ3) is 5.32. The Hall–Kier alpha value is -3.87. The molecule has 0 saturated carbocycles. The molecule has 3 aromatic carbocycles. The number of rotatable bonds is 8. The molecule has 7 nitrogen and oxygen atoms in total. The summed E-state index contributed by atoms with van der Waals surface area (Å²) < 4.78 is 10.4. The van der Waals surface area contributed by atoms with E-state index < -0.39 is 10.8 Å². The molecule has 0 saturated heterocycles. The molecule has 0 aliphatic carbocycles. The number of para-hydroxylation sites is 1. The van der Waals surface area contributed by atoms with Gasteiger partial charge in [-0.15, -0.1) is 0 Å². The van der Waals surface area contributed by atoms with Gasteiger partial charge in [0.1, 0.15) is 5.75 Å². The SMILES string of the molecule is COc1ccc(OCC(=O)Nc2ccccc2Cc2ccccc2)c([N+](=O)[O-])c1. The molecule has 0 bridgehead atoms. The van der Waals surface area contributed by atoms with Gasteiger partial charge in [-0.25, -0.2) is 0 Å². The summed E-state index contributed by atoms with van der Waals surface area (Å²) in [5.41, 5.74) is 2.50. The van der Waals surface area contributed by atoms with Crippen LogP contribution < -0.4 is 14.8 Å². The first-order valence-corrected chi connectivity index (χ1v) is 8.93. The van der Waals surface area contributed by atoms with Crippen molar-refractivity contribution in [3.8, 4) is 11.5 Å². The standard InChI is InChI=1S/C22H20N2O5/c1-28-18-11-12-21(20(14-18)24(26)27)29-15-22(25)23-19-10-6-5-9-17(19)13-16-7-3-2-4-8-16/h2-12,14H,13,15H2,1H3,(H,23,25). The molecule has 0 aliphatic heterocycles. The average Bonchev–Trinajstić information content (AvgIpc) is 2.74. The van der Waals surface area contributed by atoms with Gasteiger partial charge in [-0.05, 0) is 35.7 Å². The Morgan fingerprint density at radius 2 is 1.76 bits per heavy atom. The lowest BCUT2D eigenvalue weighted by molar-refractivity contribution is -0.385. The fourth-order valence-electron chi connectivity index (χ4n) is 2.83. The van der Waals surface area contributed by atoms with E-state index in [0.717, 1.165) is 11.1 Å². The largest absolute Gasteiger partial charge is 0.496 e. The van der Waals surface area contributed by atoms with Crippen LogP contribution in [-0.2, 0) is 11.2 Å². The maximum Gasteiger partial charge on any atom is 0.314 e. The maximum absolute atomic E-state index is 12.4. The van der Waals surface area contributed by atoms with Crippen LogP contribution in [0.15, 0.2) is 72.8 Å². The summed E-state index contributed by atoms with van der Waals surface area (Å²) in [5, 5.41) is 14.0. The van der Waals surface area contributed by atoms with Gasteiger partial charge in [-0.1, -0.05) is 48.5 Å². The fourth-order valence-corrected chi connectivity index (χ4v) is 2.83. The zero-order valence-corrected chi connectivity index (χ0v) is 15.8. The fraction of sp³-hybridized carbons (Fsp3) is 0.136. The van der Waals surface area contributed by atoms with E-state index in [9.17, 15) is 14.9 Å². The zero-order chi connectivity index (χ0) is 20.6. The van der Waals surface area contributed by atoms with Gasteiger partial charge in [-0.2, -0.15) is 0 Å². The van der Waals surface area contributed by atoms with Crippen molar-refractivity contribution >= 4 is 17.3 Å². The van der Waals surface area contributed by atoms with E-state index in [4.69, 9.17) is 9.47 Å². The molecular weight excluding hydrogens is 372 g/mol. The molecule has 1 N–H and O–H groups in total. The number of hydrogen-bond donors (Lipinski definition) is 1. The number of nitrogens with zero attached hydrogens (tertiary/aromatic N) is 1. The lowest BCUT2D eigenvalue weighted by atomic mass is 10.0. The van der Waals surface area contributed by atoms with Crippen LogP contribution in [0.4, 0.5) is 11.4 Å². The predicted molar refractivity (Wildman–Crippen MR) is 109 cm³/mol. The number of ether oxygens (including phenoxy) is 2. The third-order valence-corrected chi connectivity index (χ3v) is 4.25. The van der Waals surface area contributed by atoms with Crippen molar-refractivity contribution in [3.63, 3.8) is 0 Å². The molecule has 0 radical (unpaired) electrons. The van der Waals surface area contributed by atoms with E-state index in [1.807, 2.05) is 54.6 Å². The molecule has 1 amide bonds. The van der Waals surface area contributed by atoms with Crippen LogP contribution in [-0.4, -0.2) is 24.5 Å². The number of carbonyl (C=O) groups excluding carboxylic acids is 1. The second-order valence-electron chi connectivity index (χ2n) is 6.25. The molecule has 0 unspecified atom stereocenters. The molecule has 148 valence electrons. The van der Waals surface area contributed by atoms with Gasteiger partial charge in [-0.3, -0.25) is 14.9 Å². The van der Waals surface area contributed by atoms with Crippen LogP contribution >= 0.6 is 0 Å². The summed E-state index contributed by atoms with van der Waals surface area (Å²) in [6, 6.07) is 21.6. The number of nitro groups is 1. The molecular formula is C22H20N2O5. The van der Waals surface area contributed by atoms with Crippen molar-refractivity contribution in [1.82, 2.24) is 0 Å². The first-order valence-electron chi connectivity index (χ1n) is 8.93. The van der Waals surface area contributed by atoms with Crippen molar-refractivity contribution in [1.29, 1.82) is 0 Å². The minimum atomic E-state index is -0.578. The summed E-state index contributed by atoms with van der Waals surface area (Å²) in [6.07, 6.45) is 0.669. The normalized spacial score (nSPS) is 10.2. The highest BCUT2D eigenvalue weighted by Gasteiger charge is 2.18. The average molecular weight is 392 g/mol. The number of hydrogen-bond acceptors (Lipinski definition) is 5. The van der Waals surface area contributed by atoms with E-state index in [0.29, 0.717) is 17.9 Å². The minimum Gasteiger partial charge on any atom is -0.496 e. The molecule has 0 atom stereocenters. The second-order valence-corrected chi connectivity index (χ2v) is 6.25. The Labute approximate surface area is 168 Å². The first-order chi connectivity index (χ1) is 14.1. The number of carbonyl (C=O) groups is 1.